The van der Waals surface area contributed by atoms with Gasteiger partial charge in [0.1, 0.15) is 11.4 Å². The molecule has 0 atom stereocenters. The fourth-order valence-corrected chi connectivity index (χ4v) is 5.77. The molecule has 0 unspecified atom stereocenters. The van der Waals surface area contributed by atoms with Crippen LogP contribution in [0.3, 0.4) is 0 Å². The summed E-state index contributed by atoms with van der Waals surface area (Å²) >= 11 is 0. The first-order valence-corrected chi connectivity index (χ1v) is 12.5. The van der Waals surface area contributed by atoms with Gasteiger partial charge in [-0.15, -0.1) is 0 Å². The minimum atomic E-state index is -0.858. The van der Waals surface area contributed by atoms with E-state index >= 15 is 0 Å². The monoisotopic (exact) mass is 483 g/mol. The van der Waals surface area contributed by atoms with E-state index in [9.17, 15) is 9.59 Å². The summed E-state index contributed by atoms with van der Waals surface area (Å²) < 4.78 is 10.9. The average Bonchev–Trinajstić information content (AvgIpc) is 2.86. The second-order valence-corrected chi connectivity index (χ2v) is 10.5. The highest BCUT2D eigenvalue weighted by Gasteiger charge is 2.30. The van der Waals surface area contributed by atoms with E-state index < -0.39 is 11.6 Å². The van der Waals surface area contributed by atoms with Crippen LogP contribution in [-0.4, -0.2) is 11.9 Å². The molecule has 0 radical (unpaired) electrons. The van der Waals surface area contributed by atoms with E-state index in [0.29, 0.717) is 11.3 Å². The summed E-state index contributed by atoms with van der Waals surface area (Å²) in [7, 11) is -0.280. The quantitative estimate of drug-likeness (QED) is 0.165. The Bertz CT molecular complexity index is 1240. The lowest BCUT2D eigenvalue weighted by Gasteiger charge is -2.26. The number of benzene rings is 4. The Kier molecular flexibility index (Phi) is 7.37. The van der Waals surface area contributed by atoms with E-state index in [1.54, 1.807) is 24.3 Å². The van der Waals surface area contributed by atoms with Gasteiger partial charge in [0, 0.05) is 6.92 Å². The molecular formula is C30H27O4S+. The Hall–Kier alpha value is -3.83. The lowest BCUT2D eigenvalue weighted by atomic mass is 9.98. The molecule has 5 heteroatoms. The van der Waals surface area contributed by atoms with E-state index in [1.165, 1.54) is 16.7 Å². The maximum atomic E-state index is 13.0. The van der Waals surface area contributed by atoms with Crippen LogP contribution in [0.5, 0.6) is 5.75 Å². The van der Waals surface area contributed by atoms with Gasteiger partial charge >= 0.3 is 11.9 Å². The first-order valence-electron chi connectivity index (χ1n) is 11.3. The molecule has 4 nitrogen and oxygen atoms in total. The Balaban J connectivity index is 1.53. The van der Waals surface area contributed by atoms with E-state index in [1.807, 2.05) is 74.5 Å². The van der Waals surface area contributed by atoms with Crippen molar-refractivity contribution in [3.05, 3.63) is 120 Å². The maximum Gasteiger partial charge on any atom is 0.338 e. The fourth-order valence-electron chi connectivity index (χ4n) is 3.69. The number of hydrogen-bond donors (Lipinski definition) is 0. The van der Waals surface area contributed by atoms with Crippen LogP contribution in [0.1, 0.15) is 36.7 Å². The number of rotatable bonds is 7. The van der Waals surface area contributed by atoms with Gasteiger partial charge < -0.3 is 9.47 Å². The van der Waals surface area contributed by atoms with Gasteiger partial charge in [-0.2, -0.15) is 0 Å². The molecule has 0 saturated heterocycles. The molecule has 176 valence electrons. The van der Waals surface area contributed by atoms with Crippen LogP contribution in [-0.2, 0) is 26.0 Å². The van der Waals surface area contributed by atoms with Crippen molar-refractivity contribution in [2.24, 2.45) is 0 Å². The molecule has 0 spiro atoms. The fraction of sp³-hybridized carbons (Fsp3) is 0.133. The molecule has 0 N–H and O–H groups in total. The van der Waals surface area contributed by atoms with Crippen molar-refractivity contribution in [1.82, 2.24) is 0 Å². The lowest BCUT2D eigenvalue weighted by Crippen LogP contribution is -2.25. The standard InChI is InChI=1S/C30H27O4S/c1-22(31)33-25-18-16-24(17-19-25)30(2,3)34-29(32)23-14-20-28(21-15-23)35(26-10-6-4-7-11-26)27-12-8-5-9-13-27/h4-21H,1-3H3/q+1. The molecular weight excluding hydrogens is 456 g/mol. The molecule has 0 aliphatic carbocycles. The number of ether oxygens (including phenoxy) is 2. The third kappa shape index (κ3) is 6.00. The molecule has 0 saturated carbocycles. The van der Waals surface area contributed by atoms with Crippen LogP contribution in [0.4, 0.5) is 0 Å². The topological polar surface area (TPSA) is 52.6 Å². The number of hydrogen-bond acceptors (Lipinski definition) is 4. The van der Waals surface area contributed by atoms with Crippen LogP contribution >= 0.6 is 0 Å². The van der Waals surface area contributed by atoms with Crippen LogP contribution in [0, 0.1) is 0 Å². The SMILES string of the molecule is CC(=O)Oc1ccc(C(C)(C)OC(=O)c2ccc([S+](c3ccccc3)c3ccccc3)cc2)cc1. The van der Waals surface area contributed by atoms with Crippen LogP contribution in [0.15, 0.2) is 124 Å². The van der Waals surface area contributed by atoms with Gasteiger partial charge in [-0.1, -0.05) is 48.5 Å². The van der Waals surface area contributed by atoms with E-state index in [0.717, 1.165) is 10.5 Å². The highest BCUT2D eigenvalue weighted by atomic mass is 32.2. The molecule has 0 aromatic heterocycles. The normalized spacial score (nSPS) is 11.2. The van der Waals surface area contributed by atoms with E-state index in [-0.39, 0.29) is 16.9 Å². The maximum absolute atomic E-state index is 13.0. The third-order valence-electron chi connectivity index (χ3n) is 5.44. The van der Waals surface area contributed by atoms with Crippen molar-refractivity contribution < 1.29 is 19.1 Å². The van der Waals surface area contributed by atoms with Gasteiger partial charge in [0.05, 0.1) is 16.5 Å². The zero-order valence-electron chi connectivity index (χ0n) is 19.9. The van der Waals surface area contributed by atoms with Crippen molar-refractivity contribution in [2.75, 3.05) is 0 Å². The van der Waals surface area contributed by atoms with E-state index in [2.05, 4.69) is 24.3 Å². The van der Waals surface area contributed by atoms with Gasteiger partial charge in [0.15, 0.2) is 14.7 Å². The summed E-state index contributed by atoms with van der Waals surface area (Å²) in [5.74, 6) is -0.328. The summed E-state index contributed by atoms with van der Waals surface area (Å²) in [4.78, 5) is 27.7. The Morgan fingerprint density at radius 2 is 1.14 bits per heavy atom. The summed E-state index contributed by atoms with van der Waals surface area (Å²) in [6, 6.07) is 35.4. The minimum absolute atomic E-state index is 0.280. The van der Waals surface area contributed by atoms with Gasteiger partial charge in [0.2, 0.25) is 0 Å². The molecule has 0 aliphatic rings. The molecule has 0 amide bonds. The van der Waals surface area contributed by atoms with Crippen molar-refractivity contribution in [1.29, 1.82) is 0 Å². The van der Waals surface area contributed by atoms with Gasteiger partial charge in [-0.25, -0.2) is 4.79 Å². The molecule has 4 aromatic rings. The van der Waals surface area contributed by atoms with Crippen molar-refractivity contribution in [3.8, 4) is 5.75 Å². The molecule has 0 bridgehead atoms. The predicted octanol–water partition coefficient (Wildman–Crippen LogP) is 6.80. The second kappa shape index (κ2) is 10.6. The van der Waals surface area contributed by atoms with Crippen molar-refractivity contribution in [2.45, 2.75) is 41.1 Å². The Labute approximate surface area is 208 Å². The number of carbonyl (C=O) groups excluding carboxylic acids is 2. The highest BCUT2D eigenvalue weighted by molar-refractivity contribution is 7.97. The van der Waals surface area contributed by atoms with Crippen molar-refractivity contribution >= 4 is 22.8 Å². The van der Waals surface area contributed by atoms with Gasteiger partial charge in [-0.3, -0.25) is 4.79 Å². The molecule has 0 aliphatic heterocycles. The summed E-state index contributed by atoms with van der Waals surface area (Å²) in [6.45, 7) is 5.03. The average molecular weight is 484 g/mol. The smallest absolute Gasteiger partial charge is 0.338 e. The van der Waals surface area contributed by atoms with Gasteiger partial charge in [0.25, 0.3) is 0 Å². The molecule has 0 heterocycles. The minimum Gasteiger partial charge on any atom is -0.451 e. The first kappa shape index (κ1) is 24.3. The first-order chi connectivity index (χ1) is 16.8. The zero-order chi connectivity index (χ0) is 24.8. The molecule has 0 fully saturated rings. The van der Waals surface area contributed by atoms with E-state index in [4.69, 9.17) is 9.47 Å². The second-order valence-electron chi connectivity index (χ2n) is 8.47. The highest BCUT2D eigenvalue weighted by Crippen LogP contribution is 2.32. The van der Waals surface area contributed by atoms with Gasteiger partial charge in [-0.05, 0) is 80.1 Å². The summed E-state index contributed by atoms with van der Waals surface area (Å²) in [5.41, 5.74) is 0.430. The number of carbonyl (C=O) groups is 2. The van der Waals surface area contributed by atoms with Crippen molar-refractivity contribution in [3.63, 3.8) is 0 Å². The molecule has 4 aromatic carbocycles. The Morgan fingerprint density at radius 1 is 0.657 bits per heavy atom. The van der Waals surface area contributed by atoms with Crippen LogP contribution < -0.4 is 4.74 Å². The van der Waals surface area contributed by atoms with Crippen LogP contribution in [0.2, 0.25) is 0 Å². The molecule has 35 heavy (non-hydrogen) atoms. The Morgan fingerprint density at radius 3 is 1.63 bits per heavy atom. The predicted molar refractivity (Wildman–Crippen MR) is 138 cm³/mol. The third-order valence-corrected chi connectivity index (χ3v) is 7.67. The summed E-state index contributed by atoms with van der Waals surface area (Å²) in [5, 5.41) is 0. The van der Waals surface area contributed by atoms with Crippen LogP contribution in [0.25, 0.3) is 0 Å². The summed E-state index contributed by atoms with van der Waals surface area (Å²) in [6.07, 6.45) is 0. The zero-order valence-corrected chi connectivity index (χ0v) is 20.8. The largest absolute Gasteiger partial charge is 0.451 e. The number of esters is 2. The lowest BCUT2D eigenvalue weighted by molar-refractivity contribution is -0.131. The molecule has 4 rings (SSSR count).